The van der Waals surface area contributed by atoms with E-state index in [0.29, 0.717) is 22.7 Å². The van der Waals surface area contributed by atoms with Crippen LogP contribution in [0.15, 0.2) is 57.7 Å². The fourth-order valence-electron chi connectivity index (χ4n) is 4.07. The molecule has 8 nitrogen and oxygen atoms in total. The normalized spacial score (nSPS) is 14.0. The Labute approximate surface area is 184 Å². The van der Waals surface area contributed by atoms with E-state index in [1.165, 1.54) is 6.42 Å². The molecule has 1 saturated heterocycles. The zero-order chi connectivity index (χ0) is 22.1. The van der Waals surface area contributed by atoms with Gasteiger partial charge in [0.25, 0.3) is 5.91 Å². The zero-order valence-corrected chi connectivity index (χ0v) is 17.7. The van der Waals surface area contributed by atoms with E-state index >= 15 is 0 Å². The molecule has 4 aromatic rings. The molecule has 1 fully saturated rings. The largest absolute Gasteiger partial charge is 0.455 e. The van der Waals surface area contributed by atoms with E-state index in [0.717, 1.165) is 31.5 Å². The highest BCUT2D eigenvalue weighted by Crippen LogP contribution is 2.27. The predicted octanol–water partition coefficient (Wildman–Crippen LogP) is 4.13. The number of benzene rings is 2. The van der Waals surface area contributed by atoms with Crippen LogP contribution in [-0.4, -0.2) is 34.2 Å². The van der Waals surface area contributed by atoms with Gasteiger partial charge in [-0.05, 0) is 38.3 Å². The Hall–Kier alpha value is -3.94. The Balaban J connectivity index is 1.50. The van der Waals surface area contributed by atoms with E-state index in [2.05, 4.69) is 25.4 Å². The lowest BCUT2D eigenvalue weighted by atomic mass is 10.0. The van der Waals surface area contributed by atoms with Crippen molar-refractivity contribution in [1.29, 1.82) is 0 Å². The van der Waals surface area contributed by atoms with Crippen LogP contribution in [0, 0.1) is 6.92 Å². The van der Waals surface area contributed by atoms with Gasteiger partial charge in [0.2, 0.25) is 11.9 Å². The number of aromatic amines is 1. The summed E-state index contributed by atoms with van der Waals surface area (Å²) in [6.45, 7) is 3.54. The first-order valence-corrected chi connectivity index (χ1v) is 10.7. The Morgan fingerprint density at radius 2 is 1.84 bits per heavy atom. The maximum atomic E-state index is 13.1. The first-order chi connectivity index (χ1) is 15.6. The number of carbonyl (C=O) groups is 1. The van der Waals surface area contributed by atoms with Gasteiger partial charge in [-0.15, -0.1) is 5.10 Å². The highest BCUT2D eigenvalue weighted by Gasteiger charge is 2.20. The molecule has 0 atom stereocenters. The van der Waals surface area contributed by atoms with Crippen molar-refractivity contribution in [3.05, 3.63) is 69.9 Å². The molecule has 0 saturated carbocycles. The van der Waals surface area contributed by atoms with E-state index in [4.69, 9.17) is 4.42 Å². The molecule has 1 aliphatic rings. The van der Waals surface area contributed by atoms with Crippen LogP contribution >= 0.6 is 0 Å². The van der Waals surface area contributed by atoms with E-state index in [1.807, 2.05) is 30.3 Å². The molecule has 2 N–H and O–H groups in total. The second kappa shape index (κ2) is 8.30. The summed E-state index contributed by atoms with van der Waals surface area (Å²) in [5, 5.41) is 10.1. The number of nitrogens with zero attached hydrogens (tertiary/aromatic N) is 3. The van der Waals surface area contributed by atoms with Crippen LogP contribution in [0.1, 0.15) is 35.2 Å². The molecule has 162 valence electrons. The lowest BCUT2D eigenvalue weighted by molar-refractivity contribution is 0.102. The van der Waals surface area contributed by atoms with E-state index in [1.54, 1.807) is 25.1 Å². The van der Waals surface area contributed by atoms with E-state index in [-0.39, 0.29) is 22.5 Å². The molecule has 0 bridgehead atoms. The van der Waals surface area contributed by atoms with E-state index < -0.39 is 5.91 Å². The van der Waals surface area contributed by atoms with Crippen molar-refractivity contribution < 1.29 is 9.21 Å². The molecule has 32 heavy (non-hydrogen) atoms. The van der Waals surface area contributed by atoms with Crippen molar-refractivity contribution in [2.75, 3.05) is 23.3 Å². The minimum Gasteiger partial charge on any atom is -0.455 e. The first-order valence-electron chi connectivity index (χ1n) is 10.7. The number of para-hydroxylation sites is 1. The maximum absolute atomic E-state index is 13.1. The first kappa shape index (κ1) is 20.0. The number of anilines is 2. The molecule has 1 aliphatic heterocycles. The minimum absolute atomic E-state index is 0.160. The summed E-state index contributed by atoms with van der Waals surface area (Å²) in [5.41, 5.74) is 1.62. The molecule has 0 aliphatic carbocycles. The molecule has 5 rings (SSSR count). The van der Waals surface area contributed by atoms with Gasteiger partial charge in [0.05, 0.1) is 10.9 Å². The van der Waals surface area contributed by atoms with Crippen molar-refractivity contribution in [3.63, 3.8) is 0 Å². The van der Waals surface area contributed by atoms with Crippen LogP contribution in [0.3, 0.4) is 0 Å². The standard InChI is InChI=1S/C24H23N5O3/c1-15-19(30)17-11-8-12-18(21(17)32-20(15)16-9-4-2-5-10-16)22(31)25-23-26-24(28-27-23)29-13-6-3-7-14-29/h2,4-5,8-12H,3,6-7,13-14H2,1H3,(H2,25,26,27,28,31). The van der Waals surface area contributed by atoms with Gasteiger partial charge < -0.3 is 9.32 Å². The van der Waals surface area contributed by atoms with Gasteiger partial charge in [-0.2, -0.15) is 4.98 Å². The number of hydrogen-bond acceptors (Lipinski definition) is 6. The van der Waals surface area contributed by atoms with Crippen LogP contribution in [0.2, 0.25) is 0 Å². The Morgan fingerprint density at radius 3 is 2.62 bits per heavy atom. The summed E-state index contributed by atoms with van der Waals surface area (Å²) in [7, 11) is 0. The molecule has 0 spiro atoms. The molecular formula is C24H23N5O3. The summed E-state index contributed by atoms with van der Waals surface area (Å²) in [6, 6.07) is 14.4. The van der Waals surface area contributed by atoms with E-state index in [9.17, 15) is 9.59 Å². The third kappa shape index (κ3) is 3.64. The van der Waals surface area contributed by atoms with Gasteiger partial charge >= 0.3 is 0 Å². The Morgan fingerprint density at radius 1 is 1.06 bits per heavy atom. The van der Waals surface area contributed by atoms with Gasteiger partial charge in [0.15, 0.2) is 11.0 Å². The number of fused-ring (bicyclic) bond motifs is 1. The van der Waals surface area contributed by atoms with Crippen LogP contribution in [0.4, 0.5) is 11.9 Å². The number of aromatic nitrogens is 3. The SMILES string of the molecule is Cc1c(-c2ccccc2)oc2c(C(=O)Nc3nc(N4CCCCC4)n[nH]3)cccc2c1=O. The number of amides is 1. The summed E-state index contributed by atoms with van der Waals surface area (Å²) in [5.74, 6) is 0.857. The zero-order valence-electron chi connectivity index (χ0n) is 17.7. The average Bonchev–Trinajstić information content (AvgIpc) is 3.30. The van der Waals surface area contributed by atoms with Gasteiger partial charge in [0.1, 0.15) is 5.76 Å². The monoisotopic (exact) mass is 429 g/mol. The van der Waals surface area contributed by atoms with Crippen LogP contribution in [-0.2, 0) is 0 Å². The van der Waals surface area contributed by atoms with Gasteiger partial charge in [0, 0.05) is 24.2 Å². The summed E-state index contributed by atoms with van der Waals surface area (Å²) < 4.78 is 6.13. The predicted molar refractivity (Wildman–Crippen MR) is 123 cm³/mol. The highest BCUT2D eigenvalue weighted by atomic mass is 16.3. The number of nitrogens with one attached hydrogen (secondary N) is 2. The van der Waals surface area contributed by atoms with Gasteiger partial charge in [-0.25, -0.2) is 5.10 Å². The highest BCUT2D eigenvalue weighted by molar-refractivity contribution is 6.11. The second-order valence-electron chi connectivity index (χ2n) is 7.92. The molecular weight excluding hydrogens is 406 g/mol. The molecule has 8 heteroatoms. The van der Waals surface area contributed by atoms with Crippen LogP contribution < -0.4 is 15.6 Å². The lowest BCUT2D eigenvalue weighted by Gasteiger charge is -2.24. The quantitative estimate of drug-likeness (QED) is 0.506. The fraction of sp³-hybridized carbons (Fsp3) is 0.250. The van der Waals surface area contributed by atoms with Crippen LogP contribution in [0.5, 0.6) is 0 Å². The molecule has 1 amide bonds. The molecule has 0 radical (unpaired) electrons. The summed E-state index contributed by atoms with van der Waals surface area (Å²) in [4.78, 5) is 32.6. The van der Waals surface area contributed by atoms with Crippen molar-refractivity contribution in [1.82, 2.24) is 15.2 Å². The number of piperidine rings is 1. The van der Waals surface area contributed by atoms with Crippen molar-refractivity contribution in [2.24, 2.45) is 0 Å². The number of carbonyl (C=O) groups excluding carboxylic acids is 1. The third-order valence-electron chi connectivity index (χ3n) is 5.77. The molecule has 3 heterocycles. The Kier molecular flexibility index (Phi) is 5.18. The fourth-order valence-corrected chi connectivity index (χ4v) is 4.07. The molecule has 0 unspecified atom stereocenters. The Bertz CT molecular complexity index is 1340. The number of H-pyrrole nitrogens is 1. The average molecular weight is 429 g/mol. The van der Waals surface area contributed by atoms with Crippen molar-refractivity contribution in [2.45, 2.75) is 26.2 Å². The number of hydrogen-bond donors (Lipinski definition) is 2. The van der Waals surface area contributed by atoms with Crippen LogP contribution in [0.25, 0.3) is 22.3 Å². The lowest BCUT2D eigenvalue weighted by Crippen LogP contribution is -2.30. The maximum Gasteiger partial charge on any atom is 0.261 e. The van der Waals surface area contributed by atoms with Crippen molar-refractivity contribution >= 4 is 28.8 Å². The smallest absolute Gasteiger partial charge is 0.261 e. The molecule has 2 aromatic carbocycles. The summed E-state index contributed by atoms with van der Waals surface area (Å²) >= 11 is 0. The topological polar surface area (TPSA) is 104 Å². The number of rotatable bonds is 4. The second-order valence-corrected chi connectivity index (χ2v) is 7.92. The molecule has 2 aromatic heterocycles. The van der Waals surface area contributed by atoms with Crippen molar-refractivity contribution in [3.8, 4) is 11.3 Å². The van der Waals surface area contributed by atoms with Gasteiger partial charge in [-0.1, -0.05) is 36.4 Å². The van der Waals surface area contributed by atoms with Gasteiger partial charge in [-0.3, -0.25) is 14.9 Å². The minimum atomic E-state index is -0.428. The summed E-state index contributed by atoms with van der Waals surface area (Å²) in [6.07, 6.45) is 3.42. The third-order valence-corrected chi connectivity index (χ3v) is 5.77.